The summed E-state index contributed by atoms with van der Waals surface area (Å²) in [5.41, 5.74) is 5.47. The van der Waals surface area contributed by atoms with Crippen molar-refractivity contribution >= 4 is 11.8 Å². The van der Waals surface area contributed by atoms with Crippen LogP contribution >= 0.6 is 0 Å². The van der Waals surface area contributed by atoms with Gasteiger partial charge in [-0.15, -0.1) is 0 Å². The lowest BCUT2D eigenvalue weighted by atomic mass is 10.0. The van der Waals surface area contributed by atoms with E-state index in [0.29, 0.717) is 18.9 Å². The van der Waals surface area contributed by atoms with Crippen molar-refractivity contribution in [2.24, 2.45) is 11.7 Å². The van der Waals surface area contributed by atoms with Crippen LogP contribution in [0.1, 0.15) is 45.4 Å². The summed E-state index contributed by atoms with van der Waals surface area (Å²) in [6.45, 7) is 4.57. The number of piperidine rings is 1. The number of nitrogens with two attached hydrogens (primary N) is 1. The van der Waals surface area contributed by atoms with Crippen LogP contribution in [-0.2, 0) is 9.59 Å². The monoisotopic (exact) mass is 269 g/mol. The molecule has 1 heterocycles. The Bertz CT molecular complexity index is 288. The molecule has 0 aromatic carbocycles. The molecule has 0 aromatic heterocycles. The molecule has 0 radical (unpaired) electrons. The number of nitrogens with one attached hydrogen (secondary N) is 1. The molecule has 5 nitrogen and oxygen atoms in total. The van der Waals surface area contributed by atoms with E-state index in [9.17, 15) is 9.59 Å². The fourth-order valence-corrected chi connectivity index (χ4v) is 2.32. The number of hydrogen-bond acceptors (Lipinski definition) is 3. The zero-order chi connectivity index (χ0) is 14.1. The molecule has 0 bridgehead atoms. The maximum Gasteiger partial charge on any atom is 0.241 e. The minimum Gasteiger partial charge on any atom is -0.347 e. The molecule has 1 rings (SSSR count). The molecule has 1 unspecified atom stereocenters. The maximum absolute atomic E-state index is 11.8. The van der Waals surface area contributed by atoms with Crippen molar-refractivity contribution in [2.75, 3.05) is 26.2 Å². The van der Waals surface area contributed by atoms with Gasteiger partial charge in [0.25, 0.3) is 0 Å². The van der Waals surface area contributed by atoms with Gasteiger partial charge in [0.2, 0.25) is 11.8 Å². The minimum atomic E-state index is -0.0331. The summed E-state index contributed by atoms with van der Waals surface area (Å²) in [7, 11) is 0. The summed E-state index contributed by atoms with van der Waals surface area (Å²) >= 11 is 0. The SMILES string of the molecule is CC(CCN)CCC(=O)NCC(=O)N1CCCCC1. The van der Waals surface area contributed by atoms with Gasteiger partial charge in [-0.3, -0.25) is 9.59 Å². The van der Waals surface area contributed by atoms with Crippen LogP contribution in [0.4, 0.5) is 0 Å². The van der Waals surface area contributed by atoms with Crippen LogP contribution in [0.5, 0.6) is 0 Å². The van der Waals surface area contributed by atoms with Gasteiger partial charge < -0.3 is 16.0 Å². The summed E-state index contributed by atoms with van der Waals surface area (Å²) in [5, 5.41) is 2.72. The lowest BCUT2D eigenvalue weighted by Gasteiger charge is -2.26. The third-order valence-electron chi connectivity index (χ3n) is 3.67. The molecule has 0 spiro atoms. The lowest BCUT2D eigenvalue weighted by Crippen LogP contribution is -2.42. The second-order valence-corrected chi connectivity index (χ2v) is 5.44. The van der Waals surface area contributed by atoms with Gasteiger partial charge in [-0.05, 0) is 44.6 Å². The van der Waals surface area contributed by atoms with E-state index in [-0.39, 0.29) is 18.4 Å². The van der Waals surface area contributed by atoms with E-state index in [4.69, 9.17) is 5.73 Å². The predicted octanol–water partition coefficient (Wildman–Crippen LogP) is 0.880. The molecular weight excluding hydrogens is 242 g/mol. The standard InChI is InChI=1S/C14H27N3O2/c1-12(7-8-15)5-6-13(18)16-11-14(19)17-9-3-2-4-10-17/h12H,2-11,15H2,1H3,(H,16,18). The Balaban J connectivity index is 2.13. The van der Waals surface area contributed by atoms with Crippen LogP contribution in [0.25, 0.3) is 0 Å². The molecule has 0 aromatic rings. The van der Waals surface area contributed by atoms with Crippen LogP contribution in [0, 0.1) is 5.92 Å². The molecule has 1 fully saturated rings. The molecule has 2 amide bonds. The third kappa shape index (κ3) is 6.57. The van der Waals surface area contributed by atoms with Crippen LogP contribution in [0.3, 0.4) is 0 Å². The maximum atomic E-state index is 11.8. The van der Waals surface area contributed by atoms with Crippen molar-refractivity contribution in [2.45, 2.75) is 45.4 Å². The molecule has 1 saturated heterocycles. The largest absolute Gasteiger partial charge is 0.347 e. The van der Waals surface area contributed by atoms with Gasteiger partial charge in [0.15, 0.2) is 0 Å². The molecule has 1 aliphatic heterocycles. The van der Waals surface area contributed by atoms with Crippen molar-refractivity contribution in [1.29, 1.82) is 0 Å². The summed E-state index contributed by atoms with van der Waals surface area (Å²) in [6.07, 6.45) is 5.62. The highest BCUT2D eigenvalue weighted by Gasteiger charge is 2.16. The van der Waals surface area contributed by atoms with Crippen molar-refractivity contribution in [3.8, 4) is 0 Å². The Kier molecular flexibility index (Phi) is 7.48. The number of carbonyl (C=O) groups is 2. The quantitative estimate of drug-likeness (QED) is 0.720. The Morgan fingerprint density at radius 1 is 1.21 bits per heavy atom. The lowest BCUT2D eigenvalue weighted by molar-refractivity contribution is -0.133. The molecule has 0 saturated carbocycles. The molecule has 5 heteroatoms. The van der Waals surface area contributed by atoms with Gasteiger partial charge in [-0.2, -0.15) is 0 Å². The Morgan fingerprint density at radius 3 is 2.53 bits per heavy atom. The second kappa shape index (κ2) is 8.91. The average Bonchev–Trinajstić information content (AvgIpc) is 2.44. The van der Waals surface area contributed by atoms with E-state index in [1.807, 2.05) is 4.90 Å². The zero-order valence-corrected chi connectivity index (χ0v) is 12.0. The summed E-state index contributed by atoms with van der Waals surface area (Å²) in [5.74, 6) is 0.478. The van der Waals surface area contributed by atoms with Gasteiger partial charge in [0.1, 0.15) is 0 Å². The highest BCUT2D eigenvalue weighted by atomic mass is 16.2. The van der Waals surface area contributed by atoms with E-state index >= 15 is 0 Å². The normalized spacial score (nSPS) is 17.1. The molecule has 19 heavy (non-hydrogen) atoms. The molecule has 110 valence electrons. The van der Waals surface area contributed by atoms with Crippen LogP contribution < -0.4 is 11.1 Å². The summed E-state index contributed by atoms with van der Waals surface area (Å²) in [4.78, 5) is 25.3. The first kappa shape index (κ1) is 16.0. The fraction of sp³-hybridized carbons (Fsp3) is 0.857. The highest BCUT2D eigenvalue weighted by molar-refractivity contribution is 5.84. The zero-order valence-electron chi connectivity index (χ0n) is 12.0. The van der Waals surface area contributed by atoms with Crippen molar-refractivity contribution in [1.82, 2.24) is 10.2 Å². The van der Waals surface area contributed by atoms with Crippen molar-refractivity contribution in [3.63, 3.8) is 0 Å². The number of amides is 2. The van der Waals surface area contributed by atoms with Crippen molar-refractivity contribution in [3.05, 3.63) is 0 Å². The number of likely N-dealkylation sites (tertiary alicyclic amines) is 1. The minimum absolute atomic E-state index is 0.0331. The molecule has 1 aliphatic rings. The number of nitrogens with zero attached hydrogens (tertiary/aromatic N) is 1. The van der Waals surface area contributed by atoms with Gasteiger partial charge >= 0.3 is 0 Å². The number of hydrogen-bond donors (Lipinski definition) is 2. The third-order valence-corrected chi connectivity index (χ3v) is 3.67. The first-order chi connectivity index (χ1) is 9.13. The fourth-order valence-electron chi connectivity index (χ4n) is 2.32. The average molecular weight is 269 g/mol. The molecule has 0 aliphatic carbocycles. The van der Waals surface area contributed by atoms with E-state index in [0.717, 1.165) is 38.8 Å². The van der Waals surface area contributed by atoms with Gasteiger partial charge in [0.05, 0.1) is 6.54 Å². The van der Waals surface area contributed by atoms with Crippen LogP contribution in [0.15, 0.2) is 0 Å². The second-order valence-electron chi connectivity index (χ2n) is 5.44. The summed E-state index contributed by atoms with van der Waals surface area (Å²) in [6, 6.07) is 0. The van der Waals surface area contributed by atoms with E-state index in [1.54, 1.807) is 0 Å². The smallest absolute Gasteiger partial charge is 0.241 e. The van der Waals surface area contributed by atoms with Crippen molar-refractivity contribution < 1.29 is 9.59 Å². The van der Waals surface area contributed by atoms with Gasteiger partial charge in [-0.1, -0.05) is 6.92 Å². The van der Waals surface area contributed by atoms with E-state index in [2.05, 4.69) is 12.2 Å². The highest BCUT2D eigenvalue weighted by Crippen LogP contribution is 2.09. The first-order valence-electron chi connectivity index (χ1n) is 7.38. The molecular formula is C14H27N3O2. The van der Waals surface area contributed by atoms with Gasteiger partial charge in [0, 0.05) is 19.5 Å². The predicted molar refractivity (Wildman–Crippen MR) is 75.5 cm³/mol. The molecule has 1 atom stereocenters. The van der Waals surface area contributed by atoms with E-state index < -0.39 is 0 Å². The number of rotatable bonds is 7. The van der Waals surface area contributed by atoms with Crippen LogP contribution in [-0.4, -0.2) is 42.9 Å². The Morgan fingerprint density at radius 2 is 1.89 bits per heavy atom. The van der Waals surface area contributed by atoms with E-state index in [1.165, 1.54) is 6.42 Å². The molecule has 3 N–H and O–H groups in total. The van der Waals surface area contributed by atoms with Crippen LogP contribution in [0.2, 0.25) is 0 Å². The topological polar surface area (TPSA) is 75.4 Å². The van der Waals surface area contributed by atoms with Gasteiger partial charge in [-0.25, -0.2) is 0 Å². The number of carbonyl (C=O) groups excluding carboxylic acids is 2. The summed E-state index contributed by atoms with van der Waals surface area (Å²) < 4.78 is 0. The Labute approximate surface area is 115 Å². The Hall–Kier alpha value is -1.10. The first-order valence-corrected chi connectivity index (χ1v) is 7.38.